The van der Waals surface area contributed by atoms with Crippen molar-refractivity contribution in [2.45, 2.75) is 24.7 Å². The number of halogens is 6. The Hall–Kier alpha value is -3.43. The van der Waals surface area contributed by atoms with Crippen molar-refractivity contribution in [2.24, 2.45) is 0 Å². The standard InChI is InChI=1S/C22H16F6N2O2/c1-32-19-11-14(8-10-29-19)18(31)12-16(13-4-6-15(7-5-13)21(23,24)25)20-17(22(26,27)28)3-2-9-30-20/h2-11,16H,12H2,1H3/t16-/m0/s1. The van der Waals surface area contributed by atoms with Crippen molar-refractivity contribution < 1.29 is 35.9 Å². The predicted molar refractivity (Wildman–Crippen MR) is 102 cm³/mol. The molecule has 0 saturated heterocycles. The van der Waals surface area contributed by atoms with E-state index in [9.17, 15) is 31.1 Å². The number of ketones is 1. The first-order valence-electron chi connectivity index (χ1n) is 9.23. The van der Waals surface area contributed by atoms with Gasteiger partial charge in [0.25, 0.3) is 0 Å². The number of aromatic nitrogens is 2. The number of rotatable bonds is 6. The van der Waals surface area contributed by atoms with Gasteiger partial charge >= 0.3 is 12.4 Å². The number of carbonyl (C=O) groups excluding carboxylic acids is 1. The van der Waals surface area contributed by atoms with Gasteiger partial charge in [-0.1, -0.05) is 12.1 Å². The van der Waals surface area contributed by atoms with E-state index in [1.54, 1.807) is 0 Å². The van der Waals surface area contributed by atoms with Crippen LogP contribution in [0, 0.1) is 0 Å². The van der Waals surface area contributed by atoms with Gasteiger partial charge in [0.05, 0.1) is 23.9 Å². The Morgan fingerprint density at radius 2 is 1.62 bits per heavy atom. The molecule has 1 aromatic carbocycles. The maximum atomic E-state index is 13.6. The van der Waals surface area contributed by atoms with E-state index in [0.29, 0.717) is 0 Å². The molecule has 32 heavy (non-hydrogen) atoms. The zero-order chi connectivity index (χ0) is 23.5. The lowest BCUT2D eigenvalue weighted by atomic mass is 9.86. The summed E-state index contributed by atoms with van der Waals surface area (Å²) in [4.78, 5) is 20.6. The highest BCUT2D eigenvalue weighted by Crippen LogP contribution is 2.39. The molecule has 0 aliphatic rings. The molecule has 0 saturated carbocycles. The number of pyridine rings is 2. The van der Waals surface area contributed by atoms with Crippen molar-refractivity contribution in [3.05, 3.63) is 88.9 Å². The molecule has 10 heteroatoms. The van der Waals surface area contributed by atoms with E-state index >= 15 is 0 Å². The van der Waals surface area contributed by atoms with Crippen LogP contribution < -0.4 is 4.74 Å². The van der Waals surface area contributed by atoms with Gasteiger partial charge in [-0.2, -0.15) is 26.3 Å². The van der Waals surface area contributed by atoms with E-state index in [1.165, 1.54) is 25.4 Å². The van der Waals surface area contributed by atoms with Crippen LogP contribution in [0.3, 0.4) is 0 Å². The molecular weight excluding hydrogens is 438 g/mol. The highest BCUT2D eigenvalue weighted by atomic mass is 19.4. The second kappa shape index (κ2) is 8.97. The highest BCUT2D eigenvalue weighted by Gasteiger charge is 2.37. The first kappa shape index (κ1) is 23.2. The number of benzene rings is 1. The Morgan fingerprint density at radius 1 is 0.938 bits per heavy atom. The highest BCUT2D eigenvalue weighted by molar-refractivity contribution is 5.97. The van der Waals surface area contributed by atoms with E-state index in [4.69, 9.17) is 4.74 Å². The topological polar surface area (TPSA) is 52.1 Å². The third-order valence-corrected chi connectivity index (χ3v) is 4.77. The molecule has 0 unspecified atom stereocenters. The molecule has 0 radical (unpaired) electrons. The van der Waals surface area contributed by atoms with Gasteiger partial charge in [-0.3, -0.25) is 9.78 Å². The van der Waals surface area contributed by atoms with Gasteiger partial charge in [0, 0.05) is 36.4 Å². The summed E-state index contributed by atoms with van der Waals surface area (Å²) in [6.07, 6.45) is -7.39. The molecule has 4 nitrogen and oxygen atoms in total. The maximum absolute atomic E-state index is 13.6. The molecule has 168 valence electrons. The summed E-state index contributed by atoms with van der Waals surface area (Å²) in [7, 11) is 1.34. The largest absolute Gasteiger partial charge is 0.481 e. The van der Waals surface area contributed by atoms with Gasteiger partial charge in [0.15, 0.2) is 5.78 Å². The van der Waals surface area contributed by atoms with Crippen LogP contribution in [0.2, 0.25) is 0 Å². The Bertz CT molecular complexity index is 1090. The number of hydrogen-bond acceptors (Lipinski definition) is 4. The monoisotopic (exact) mass is 454 g/mol. The number of ether oxygens (including phenoxy) is 1. The number of nitrogens with zero attached hydrogens (tertiary/aromatic N) is 2. The molecule has 0 amide bonds. The fourth-order valence-corrected chi connectivity index (χ4v) is 3.21. The SMILES string of the molecule is COc1cc(C(=O)C[C@@H](c2ccc(C(F)(F)F)cc2)c2ncccc2C(F)(F)F)ccn1. The van der Waals surface area contributed by atoms with E-state index in [-0.39, 0.29) is 17.0 Å². The van der Waals surface area contributed by atoms with Crippen molar-refractivity contribution in [1.82, 2.24) is 9.97 Å². The molecule has 0 fully saturated rings. The maximum Gasteiger partial charge on any atom is 0.418 e. The molecule has 0 bridgehead atoms. The Labute approximate surface area is 178 Å². The summed E-state index contributed by atoms with van der Waals surface area (Å²) in [5.74, 6) is -1.65. The number of hydrogen-bond donors (Lipinski definition) is 0. The molecule has 0 spiro atoms. The number of alkyl halides is 6. The Kier molecular flexibility index (Phi) is 6.52. The molecule has 0 N–H and O–H groups in total. The zero-order valence-corrected chi connectivity index (χ0v) is 16.5. The molecule has 0 aliphatic carbocycles. The molecule has 0 aliphatic heterocycles. The Morgan fingerprint density at radius 3 is 2.22 bits per heavy atom. The van der Waals surface area contributed by atoms with Crippen molar-refractivity contribution in [3.8, 4) is 5.88 Å². The average Bonchev–Trinajstić information content (AvgIpc) is 2.76. The lowest BCUT2D eigenvalue weighted by Gasteiger charge is -2.21. The molecule has 3 aromatic rings. The summed E-state index contributed by atoms with van der Waals surface area (Å²) in [5, 5.41) is 0. The number of carbonyl (C=O) groups is 1. The second-order valence-corrected chi connectivity index (χ2v) is 6.82. The van der Waals surface area contributed by atoms with Crippen molar-refractivity contribution in [3.63, 3.8) is 0 Å². The fourth-order valence-electron chi connectivity index (χ4n) is 3.21. The number of Topliss-reactive ketones (excluding diaryl/α,β-unsaturated/α-hetero) is 1. The molecule has 1 atom stereocenters. The summed E-state index contributed by atoms with van der Waals surface area (Å²) in [5.41, 5.74) is -2.24. The first-order chi connectivity index (χ1) is 15.0. The van der Waals surface area contributed by atoms with Gasteiger partial charge in [0.2, 0.25) is 5.88 Å². The van der Waals surface area contributed by atoms with Crippen LogP contribution in [0.1, 0.15) is 45.1 Å². The Balaban J connectivity index is 2.07. The lowest BCUT2D eigenvalue weighted by molar-refractivity contribution is -0.139. The lowest BCUT2D eigenvalue weighted by Crippen LogP contribution is -2.17. The van der Waals surface area contributed by atoms with Gasteiger partial charge < -0.3 is 4.74 Å². The predicted octanol–water partition coefficient (Wildman–Crippen LogP) is 5.93. The fraction of sp³-hybridized carbons (Fsp3) is 0.227. The van der Waals surface area contributed by atoms with E-state index in [0.717, 1.165) is 42.6 Å². The minimum absolute atomic E-state index is 0.0940. The minimum atomic E-state index is -4.77. The first-order valence-corrected chi connectivity index (χ1v) is 9.23. The third-order valence-electron chi connectivity index (χ3n) is 4.77. The van der Waals surface area contributed by atoms with E-state index in [2.05, 4.69) is 9.97 Å². The van der Waals surface area contributed by atoms with Gasteiger partial charge in [-0.15, -0.1) is 0 Å². The van der Waals surface area contributed by atoms with E-state index in [1.807, 2.05) is 0 Å². The van der Waals surface area contributed by atoms with Crippen molar-refractivity contribution in [1.29, 1.82) is 0 Å². The minimum Gasteiger partial charge on any atom is -0.481 e. The van der Waals surface area contributed by atoms with Crippen LogP contribution in [0.4, 0.5) is 26.3 Å². The number of methoxy groups -OCH3 is 1. The van der Waals surface area contributed by atoms with Crippen LogP contribution in [0.25, 0.3) is 0 Å². The van der Waals surface area contributed by atoms with Crippen molar-refractivity contribution >= 4 is 5.78 Å². The molecule has 2 heterocycles. The summed E-state index contributed by atoms with van der Waals surface area (Å²) in [6, 6.07) is 8.26. The van der Waals surface area contributed by atoms with E-state index < -0.39 is 47.3 Å². The van der Waals surface area contributed by atoms with Crippen LogP contribution in [-0.4, -0.2) is 22.9 Å². The van der Waals surface area contributed by atoms with Gasteiger partial charge in [0.1, 0.15) is 0 Å². The summed E-state index contributed by atoms with van der Waals surface area (Å²) < 4.78 is 84.6. The summed E-state index contributed by atoms with van der Waals surface area (Å²) in [6.45, 7) is 0. The second-order valence-electron chi connectivity index (χ2n) is 6.82. The van der Waals surface area contributed by atoms with Crippen molar-refractivity contribution in [2.75, 3.05) is 7.11 Å². The van der Waals surface area contributed by atoms with Crippen LogP contribution in [0.5, 0.6) is 5.88 Å². The molecular formula is C22H16F6N2O2. The van der Waals surface area contributed by atoms with Gasteiger partial charge in [-0.05, 0) is 35.9 Å². The van der Waals surface area contributed by atoms with Crippen LogP contribution in [0.15, 0.2) is 60.9 Å². The molecule has 2 aromatic heterocycles. The van der Waals surface area contributed by atoms with Crippen LogP contribution in [-0.2, 0) is 12.4 Å². The summed E-state index contributed by atoms with van der Waals surface area (Å²) >= 11 is 0. The molecule has 3 rings (SSSR count). The zero-order valence-electron chi connectivity index (χ0n) is 16.5. The van der Waals surface area contributed by atoms with Crippen LogP contribution >= 0.6 is 0 Å². The normalized spacial score (nSPS) is 13.0. The quantitative estimate of drug-likeness (QED) is 0.342. The average molecular weight is 454 g/mol. The third kappa shape index (κ3) is 5.24. The smallest absolute Gasteiger partial charge is 0.418 e. The van der Waals surface area contributed by atoms with Gasteiger partial charge in [-0.25, -0.2) is 4.98 Å².